The van der Waals surface area contributed by atoms with Gasteiger partial charge >= 0.3 is 0 Å². The molecule has 0 atom stereocenters. The van der Waals surface area contributed by atoms with Crippen molar-refractivity contribution in [2.24, 2.45) is 0 Å². The van der Waals surface area contributed by atoms with Gasteiger partial charge in [0.1, 0.15) is 5.82 Å². The van der Waals surface area contributed by atoms with Crippen LogP contribution in [0.3, 0.4) is 0 Å². The Morgan fingerprint density at radius 2 is 1.75 bits per heavy atom. The van der Waals surface area contributed by atoms with Crippen molar-refractivity contribution >= 4 is 23.4 Å². The lowest BCUT2D eigenvalue weighted by molar-refractivity contribution is -0.128. The topological polar surface area (TPSA) is 54.3 Å². The molecule has 28 heavy (non-hydrogen) atoms. The van der Waals surface area contributed by atoms with Crippen LogP contribution >= 0.6 is 11.8 Å². The zero-order valence-electron chi connectivity index (χ0n) is 16.6. The van der Waals surface area contributed by atoms with Crippen molar-refractivity contribution in [3.63, 3.8) is 0 Å². The van der Waals surface area contributed by atoms with Gasteiger partial charge in [0.25, 0.3) is 0 Å². The first-order valence-electron chi connectivity index (χ1n) is 10.3. The van der Waals surface area contributed by atoms with E-state index in [1.165, 1.54) is 37.8 Å². The van der Waals surface area contributed by atoms with Crippen LogP contribution < -0.4 is 4.90 Å². The number of anilines is 1. The summed E-state index contributed by atoms with van der Waals surface area (Å²) in [5.74, 6) is 1.61. The summed E-state index contributed by atoms with van der Waals surface area (Å²) in [5.41, 5.74) is 1.24. The first-order valence-corrected chi connectivity index (χ1v) is 11.3. The second-order valence-electron chi connectivity index (χ2n) is 7.68. The molecular formula is C21H29N5OS. The summed E-state index contributed by atoms with van der Waals surface area (Å²) in [4.78, 5) is 17.1. The summed E-state index contributed by atoms with van der Waals surface area (Å²) < 4.78 is 2.27. The van der Waals surface area contributed by atoms with Crippen molar-refractivity contribution in [1.82, 2.24) is 19.7 Å². The molecule has 2 fully saturated rings. The first-order chi connectivity index (χ1) is 13.7. The molecule has 1 amide bonds. The number of rotatable bonds is 5. The van der Waals surface area contributed by atoms with Gasteiger partial charge in [-0.1, -0.05) is 49.2 Å². The molecule has 2 heterocycles. The zero-order chi connectivity index (χ0) is 19.3. The van der Waals surface area contributed by atoms with Gasteiger partial charge in [-0.25, -0.2) is 0 Å². The largest absolute Gasteiger partial charge is 0.368 e. The van der Waals surface area contributed by atoms with E-state index in [2.05, 4.69) is 43.9 Å². The number of carbonyl (C=O) groups is 1. The van der Waals surface area contributed by atoms with Gasteiger partial charge in [0.15, 0.2) is 5.16 Å². The van der Waals surface area contributed by atoms with Crippen LogP contribution in [0.4, 0.5) is 5.69 Å². The van der Waals surface area contributed by atoms with Crippen molar-refractivity contribution < 1.29 is 4.79 Å². The predicted molar refractivity (Wildman–Crippen MR) is 113 cm³/mol. The number of hydrogen-bond acceptors (Lipinski definition) is 5. The van der Waals surface area contributed by atoms with Crippen LogP contribution in [0.1, 0.15) is 44.0 Å². The monoisotopic (exact) mass is 399 g/mol. The Hall–Kier alpha value is -2.02. The quantitative estimate of drug-likeness (QED) is 0.720. The van der Waals surface area contributed by atoms with Crippen LogP contribution in [0.2, 0.25) is 0 Å². The maximum absolute atomic E-state index is 12.7. The maximum atomic E-state index is 12.7. The number of thioether (sulfide) groups is 1. The van der Waals surface area contributed by atoms with E-state index < -0.39 is 0 Å². The molecule has 0 radical (unpaired) electrons. The molecule has 1 aliphatic heterocycles. The van der Waals surface area contributed by atoms with Crippen molar-refractivity contribution in [3.05, 3.63) is 36.2 Å². The summed E-state index contributed by atoms with van der Waals surface area (Å²) >= 11 is 1.55. The number of carbonyl (C=O) groups excluding carboxylic acids is 1. The van der Waals surface area contributed by atoms with Crippen molar-refractivity contribution in [2.45, 2.75) is 50.2 Å². The minimum Gasteiger partial charge on any atom is -0.368 e. The van der Waals surface area contributed by atoms with Crippen molar-refractivity contribution in [1.29, 1.82) is 0 Å². The molecule has 1 aromatic heterocycles. The minimum absolute atomic E-state index is 0.202. The maximum Gasteiger partial charge on any atom is 0.233 e. The van der Waals surface area contributed by atoms with E-state index in [-0.39, 0.29) is 5.91 Å². The molecule has 4 rings (SSSR count). The highest BCUT2D eigenvalue weighted by molar-refractivity contribution is 7.99. The van der Waals surface area contributed by atoms with E-state index in [9.17, 15) is 4.79 Å². The molecule has 0 bridgehead atoms. The summed E-state index contributed by atoms with van der Waals surface area (Å²) in [5, 5.41) is 9.55. The van der Waals surface area contributed by atoms with E-state index in [4.69, 9.17) is 0 Å². The van der Waals surface area contributed by atoms with Crippen LogP contribution in [0.15, 0.2) is 35.5 Å². The number of amides is 1. The fraction of sp³-hybridized carbons (Fsp3) is 0.571. The van der Waals surface area contributed by atoms with E-state index in [0.717, 1.165) is 37.2 Å². The third-order valence-corrected chi connectivity index (χ3v) is 6.78. The number of benzene rings is 1. The fourth-order valence-corrected chi connectivity index (χ4v) is 5.23. The molecule has 1 aromatic carbocycles. The zero-order valence-corrected chi connectivity index (χ0v) is 17.4. The lowest BCUT2D eigenvalue weighted by Crippen LogP contribution is -2.49. The van der Waals surface area contributed by atoms with Gasteiger partial charge in [-0.15, -0.1) is 10.2 Å². The Balaban J connectivity index is 1.31. The van der Waals surface area contributed by atoms with Crippen molar-refractivity contribution in [3.8, 4) is 0 Å². The summed E-state index contributed by atoms with van der Waals surface area (Å²) in [7, 11) is 0. The number of hydrogen-bond donors (Lipinski definition) is 0. The Labute approximate surface area is 171 Å². The summed E-state index contributed by atoms with van der Waals surface area (Å²) in [6.07, 6.45) is 6.27. The SMILES string of the molecule is Cc1nnc(SCC(=O)N2CCN(c3ccccc3)CC2)n1C1CCCCC1. The molecule has 1 saturated carbocycles. The second kappa shape index (κ2) is 8.99. The van der Waals surface area contributed by atoms with Gasteiger partial charge in [-0.2, -0.15) is 0 Å². The van der Waals surface area contributed by atoms with E-state index in [1.807, 2.05) is 17.9 Å². The van der Waals surface area contributed by atoms with Gasteiger partial charge < -0.3 is 14.4 Å². The molecule has 0 N–H and O–H groups in total. The lowest BCUT2D eigenvalue weighted by Gasteiger charge is -2.36. The van der Waals surface area contributed by atoms with Gasteiger partial charge in [-0.05, 0) is 31.9 Å². The Morgan fingerprint density at radius 1 is 1.04 bits per heavy atom. The summed E-state index contributed by atoms with van der Waals surface area (Å²) in [6.45, 7) is 5.36. The highest BCUT2D eigenvalue weighted by atomic mass is 32.2. The molecule has 6 nitrogen and oxygen atoms in total. The van der Waals surface area contributed by atoms with Crippen LogP contribution in [0.5, 0.6) is 0 Å². The van der Waals surface area contributed by atoms with Gasteiger partial charge in [0, 0.05) is 37.9 Å². The molecular weight excluding hydrogens is 370 g/mol. The standard InChI is InChI=1S/C21H29N5OS/c1-17-22-23-21(26(17)19-10-6-3-7-11-19)28-16-20(27)25-14-12-24(13-15-25)18-8-4-2-5-9-18/h2,4-5,8-9,19H,3,6-7,10-16H2,1H3. The number of para-hydroxylation sites is 1. The number of aryl methyl sites for hydroxylation is 1. The molecule has 0 unspecified atom stereocenters. The highest BCUT2D eigenvalue weighted by Crippen LogP contribution is 2.32. The van der Waals surface area contributed by atoms with Crippen LogP contribution in [-0.4, -0.2) is 57.5 Å². The molecule has 1 aliphatic carbocycles. The fourth-order valence-electron chi connectivity index (χ4n) is 4.28. The average molecular weight is 400 g/mol. The number of nitrogens with zero attached hydrogens (tertiary/aromatic N) is 5. The smallest absolute Gasteiger partial charge is 0.233 e. The van der Waals surface area contributed by atoms with E-state index >= 15 is 0 Å². The third kappa shape index (κ3) is 4.35. The number of aromatic nitrogens is 3. The third-order valence-electron chi connectivity index (χ3n) is 5.85. The average Bonchev–Trinajstić information content (AvgIpc) is 3.13. The normalized spacial score (nSPS) is 18.5. The molecule has 0 spiro atoms. The van der Waals surface area contributed by atoms with Gasteiger partial charge in [-0.3, -0.25) is 4.79 Å². The first kappa shape index (κ1) is 19.3. The molecule has 1 saturated heterocycles. The molecule has 2 aliphatic rings. The van der Waals surface area contributed by atoms with E-state index in [0.29, 0.717) is 11.8 Å². The molecule has 2 aromatic rings. The van der Waals surface area contributed by atoms with Gasteiger partial charge in [0.2, 0.25) is 5.91 Å². The second-order valence-corrected chi connectivity index (χ2v) is 8.63. The minimum atomic E-state index is 0.202. The van der Waals surface area contributed by atoms with E-state index in [1.54, 1.807) is 11.8 Å². The summed E-state index contributed by atoms with van der Waals surface area (Å²) in [6, 6.07) is 10.9. The van der Waals surface area contributed by atoms with Crippen LogP contribution in [0.25, 0.3) is 0 Å². The predicted octanol–water partition coefficient (Wildman–Crippen LogP) is 3.53. The Morgan fingerprint density at radius 3 is 2.46 bits per heavy atom. The van der Waals surface area contributed by atoms with Crippen LogP contribution in [0, 0.1) is 6.92 Å². The highest BCUT2D eigenvalue weighted by Gasteiger charge is 2.24. The Kier molecular flexibility index (Phi) is 6.20. The lowest BCUT2D eigenvalue weighted by atomic mass is 9.95. The van der Waals surface area contributed by atoms with Crippen LogP contribution in [-0.2, 0) is 4.79 Å². The Bertz CT molecular complexity index is 779. The van der Waals surface area contributed by atoms with Gasteiger partial charge in [0.05, 0.1) is 5.75 Å². The number of piperazine rings is 1. The molecule has 150 valence electrons. The van der Waals surface area contributed by atoms with Crippen molar-refractivity contribution in [2.75, 3.05) is 36.8 Å². The molecule has 7 heteroatoms.